The van der Waals surface area contributed by atoms with Crippen LogP contribution in [0.3, 0.4) is 0 Å². The number of alkyl halides is 2. The molecule has 1 rings (SSSR count). The molecule has 0 aromatic heterocycles. The fourth-order valence-electron chi connectivity index (χ4n) is 1.76. The van der Waals surface area contributed by atoms with Gasteiger partial charge in [0.1, 0.15) is 6.61 Å². The Labute approximate surface area is 117 Å². The predicted molar refractivity (Wildman–Crippen MR) is 73.6 cm³/mol. The maximum atomic E-state index is 13.0. The quantitative estimate of drug-likeness (QED) is 0.771. The van der Waals surface area contributed by atoms with Crippen LogP contribution >= 0.6 is 0 Å². The van der Waals surface area contributed by atoms with Gasteiger partial charge >= 0.3 is 6.09 Å². The Kier molecular flexibility index (Phi) is 6.15. The molecule has 1 aromatic carbocycles. The number of carbonyl (C=O) groups excluding carboxylic acids is 1. The fraction of sp³-hybridized carbons (Fsp3) is 0.400. The molecular formula is C15H19F2NO2. The number of ether oxygens (including phenoxy) is 1. The molecule has 20 heavy (non-hydrogen) atoms. The lowest BCUT2D eigenvalue weighted by Crippen LogP contribution is -2.38. The molecule has 0 saturated carbocycles. The molecule has 0 radical (unpaired) electrons. The number of rotatable bonds is 7. The van der Waals surface area contributed by atoms with Crippen molar-refractivity contribution in [1.82, 2.24) is 5.32 Å². The predicted octanol–water partition coefficient (Wildman–Crippen LogP) is 3.90. The van der Waals surface area contributed by atoms with Gasteiger partial charge in [0.2, 0.25) is 5.92 Å². The molecule has 0 saturated heterocycles. The Hall–Kier alpha value is -1.91. The summed E-state index contributed by atoms with van der Waals surface area (Å²) in [6, 6.07) is 8.45. The Morgan fingerprint density at radius 2 is 2.10 bits per heavy atom. The van der Waals surface area contributed by atoms with Gasteiger partial charge in [0.05, 0.1) is 0 Å². The van der Waals surface area contributed by atoms with E-state index in [4.69, 9.17) is 4.74 Å². The van der Waals surface area contributed by atoms with Crippen LogP contribution in [0, 0.1) is 0 Å². The molecule has 0 bridgehead atoms. The van der Waals surface area contributed by atoms with E-state index in [2.05, 4.69) is 11.9 Å². The molecule has 1 aromatic rings. The molecule has 0 aliphatic carbocycles. The van der Waals surface area contributed by atoms with Crippen LogP contribution in [-0.4, -0.2) is 18.1 Å². The summed E-state index contributed by atoms with van der Waals surface area (Å²) < 4.78 is 30.9. The van der Waals surface area contributed by atoms with Crippen LogP contribution in [0.5, 0.6) is 0 Å². The molecule has 1 unspecified atom stereocenters. The summed E-state index contributed by atoms with van der Waals surface area (Å²) in [6.45, 7) is 4.42. The normalized spacial score (nSPS) is 12.6. The third-order valence-electron chi connectivity index (χ3n) is 2.59. The van der Waals surface area contributed by atoms with Gasteiger partial charge in [-0.1, -0.05) is 36.4 Å². The molecule has 5 heteroatoms. The molecule has 0 aliphatic rings. The van der Waals surface area contributed by atoms with Crippen molar-refractivity contribution in [3.63, 3.8) is 0 Å². The van der Waals surface area contributed by atoms with Crippen LogP contribution in [-0.2, 0) is 11.3 Å². The van der Waals surface area contributed by atoms with E-state index < -0.39 is 24.5 Å². The van der Waals surface area contributed by atoms with Gasteiger partial charge in [-0.3, -0.25) is 0 Å². The molecule has 0 aliphatic heterocycles. The number of benzene rings is 1. The number of alkyl carbamates (subject to hydrolysis) is 1. The van der Waals surface area contributed by atoms with Crippen LogP contribution in [0.1, 0.15) is 25.3 Å². The molecule has 110 valence electrons. The lowest BCUT2D eigenvalue weighted by Gasteiger charge is -2.20. The van der Waals surface area contributed by atoms with Crippen LogP contribution in [0.4, 0.5) is 13.6 Å². The molecule has 0 fully saturated rings. The minimum absolute atomic E-state index is 0.107. The van der Waals surface area contributed by atoms with Crippen molar-refractivity contribution in [1.29, 1.82) is 0 Å². The highest BCUT2D eigenvalue weighted by Crippen LogP contribution is 2.20. The van der Waals surface area contributed by atoms with Gasteiger partial charge in [0.25, 0.3) is 0 Å². The third kappa shape index (κ3) is 6.87. The minimum Gasteiger partial charge on any atom is -0.445 e. The zero-order chi connectivity index (χ0) is 15.0. The van der Waals surface area contributed by atoms with Gasteiger partial charge in [-0.25, -0.2) is 13.6 Å². The summed E-state index contributed by atoms with van der Waals surface area (Å²) in [4.78, 5) is 11.6. The van der Waals surface area contributed by atoms with Crippen LogP contribution in [0.2, 0.25) is 0 Å². The summed E-state index contributed by atoms with van der Waals surface area (Å²) >= 11 is 0. The highest BCUT2D eigenvalue weighted by Gasteiger charge is 2.27. The van der Waals surface area contributed by atoms with Gasteiger partial charge in [0.15, 0.2) is 0 Å². The first-order chi connectivity index (χ1) is 9.40. The first kappa shape index (κ1) is 16.1. The zero-order valence-electron chi connectivity index (χ0n) is 11.4. The van der Waals surface area contributed by atoms with Crippen molar-refractivity contribution in [3.8, 4) is 0 Å². The van der Waals surface area contributed by atoms with Crippen LogP contribution < -0.4 is 5.32 Å². The van der Waals surface area contributed by atoms with Crippen molar-refractivity contribution in [2.24, 2.45) is 0 Å². The number of amides is 1. The maximum Gasteiger partial charge on any atom is 0.407 e. The summed E-state index contributed by atoms with van der Waals surface area (Å²) in [6.07, 6.45) is 0.613. The number of halogens is 2. The molecule has 0 heterocycles. The summed E-state index contributed by atoms with van der Waals surface area (Å²) in [5.74, 6) is -2.85. The van der Waals surface area contributed by atoms with E-state index in [1.165, 1.54) is 6.08 Å². The van der Waals surface area contributed by atoms with E-state index in [0.29, 0.717) is 0 Å². The van der Waals surface area contributed by atoms with Crippen molar-refractivity contribution in [3.05, 3.63) is 48.6 Å². The number of carbonyl (C=O) groups is 1. The van der Waals surface area contributed by atoms with E-state index in [9.17, 15) is 13.6 Å². The van der Waals surface area contributed by atoms with E-state index >= 15 is 0 Å². The first-order valence-electron chi connectivity index (χ1n) is 6.36. The monoisotopic (exact) mass is 283 g/mol. The Balaban J connectivity index is 2.43. The van der Waals surface area contributed by atoms with Crippen molar-refractivity contribution in [2.75, 3.05) is 0 Å². The number of nitrogens with one attached hydrogen (secondary N) is 1. The molecule has 1 amide bonds. The summed E-state index contributed by atoms with van der Waals surface area (Å²) in [7, 11) is 0. The van der Waals surface area contributed by atoms with Gasteiger partial charge in [-0.2, -0.15) is 0 Å². The Morgan fingerprint density at radius 3 is 2.65 bits per heavy atom. The average molecular weight is 283 g/mol. The van der Waals surface area contributed by atoms with Crippen LogP contribution in [0.25, 0.3) is 0 Å². The Bertz CT molecular complexity index is 429. The number of hydrogen-bond acceptors (Lipinski definition) is 2. The highest BCUT2D eigenvalue weighted by atomic mass is 19.3. The second-order valence-electron chi connectivity index (χ2n) is 4.70. The standard InChI is InChI=1S/C15H19F2NO2/c1-3-7-13(10-15(2,16)17)18-14(19)20-11-12-8-5-4-6-9-12/h3-6,8-9,13H,1,7,10-11H2,2H3,(H,18,19). The Morgan fingerprint density at radius 1 is 1.45 bits per heavy atom. The third-order valence-corrected chi connectivity index (χ3v) is 2.59. The van der Waals surface area contributed by atoms with E-state index in [1.807, 2.05) is 30.3 Å². The molecule has 1 atom stereocenters. The average Bonchev–Trinajstić information content (AvgIpc) is 2.36. The maximum absolute atomic E-state index is 13.0. The van der Waals surface area contributed by atoms with Crippen molar-refractivity contribution < 1.29 is 18.3 Å². The summed E-state index contributed by atoms with van der Waals surface area (Å²) in [5, 5.41) is 2.43. The first-order valence-corrected chi connectivity index (χ1v) is 6.36. The van der Waals surface area contributed by atoms with Crippen molar-refractivity contribution in [2.45, 2.75) is 38.3 Å². The minimum atomic E-state index is -2.85. The molecule has 1 N–H and O–H groups in total. The second-order valence-corrected chi connectivity index (χ2v) is 4.70. The number of hydrogen-bond donors (Lipinski definition) is 1. The lowest BCUT2D eigenvalue weighted by molar-refractivity contribution is 0.00290. The van der Waals surface area contributed by atoms with E-state index in [0.717, 1.165) is 12.5 Å². The van der Waals surface area contributed by atoms with E-state index in [-0.39, 0.29) is 13.0 Å². The van der Waals surface area contributed by atoms with Gasteiger partial charge < -0.3 is 10.1 Å². The second kappa shape index (κ2) is 7.62. The van der Waals surface area contributed by atoms with Gasteiger partial charge in [-0.15, -0.1) is 6.58 Å². The fourth-order valence-corrected chi connectivity index (χ4v) is 1.76. The van der Waals surface area contributed by atoms with Gasteiger partial charge in [-0.05, 0) is 18.9 Å². The topological polar surface area (TPSA) is 38.3 Å². The smallest absolute Gasteiger partial charge is 0.407 e. The molecular weight excluding hydrogens is 264 g/mol. The van der Waals surface area contributed by atoms with Crippen molar-refractivity contribution >= 4 is 6.09 Å². The lowest BCUT2D eigenvalue weighted by atomic mass is 10.1. The zero-order valence-corrected chi connectivity index (χ0v) is 11.4. The summed E-state index contributed by atoms with van der Waals surface area (Å²) in [5.41, 5.74) is 0.837. The van der Waals surface area contributed by atoms with E-state index in [1.54, 1.807) is 0 Å². The highest BCUT2D eigenvalue weighted by molar-refractivity contribution is 5.67. The molecule has 3 nitrogen and oxygen atoms in total. The van der Waals surface area contributed by atoms with Gasteiger partial charge in [0, 0.05) is 12.5 Å². The largest absolute Gasteiger partial charge is 0.445 e. The van der Waals surface area contributed by atoms with Crippen LogP contribution in [0.15, 0.2) is 43.0 Å². The SMILES string of the molecule is C=CCC(CC(C)(F)F)NC(=O)OCc1ccccc1. The molecule has 0 spiro atoms.